The van der Waals surface area contributed by atoms with E-state index in [4.69, 9.17) is 15.0 Å². The molecule has 0 atom stereocenters. The Morgan fingerprint density at radius 2 is 0.650 bits per heavy atom. The zero-order valence-corrected chi connectivity index (χ0v) is 32.7. The van der Waals surface area contributed by atoms with Crippen LogP contribution in [0.5, 0.6) is 0 Å². The van der Waals surface area contributed by atoms with Crippen molar-refractivity contribution >= 4 is 32.3 Å². The second-order valence-corrected chi connectivity index (χ2v) is 15.2. The fraction of sp³-hybridized carbons (Fsp3) is 0. The fourth-order valence-corrected chi connectivity index (χ4v) is 8.52. The van der Waals surface area contributed by atoms with Crippen LogP contribution < -0.4 is 0 Å². The third-order valence-corrected chi connectivity index (χ3v) is 11.6. The van der Waals surface area contributed by atoms with Crippen molar-refractivity contribution in [2.75, 3.05) is 0 Å². The van der Waals surface area contributed by atoms with Crippen molar-refractivity contribution < 1.29 is 0 Å². The molecule has 10 aromatic carbocycles. The van der Waals surface area contributed by atoms with Crippen LogP contribution >= 0.6 is 0 Å². The number of benzene rings is 10. The standard InChI is InChI=1S/C57H37N3/c1-3-13-38(14-4-1)39-25-31-45(32-26-39)55-58-56(60-57(59-55)52-22-12-11-19-48(52)42-15-5-2-6-16-42)46-33-27-41(28-34-46)40-23-29-44(30-24-40)54-50-21-10-8-18-47(50)37-53-49-20-9-7-17-43(49)35-36-51(53)54/h1-37H. The van der Waals surface area contributed by atoms with Gasteiger partial charge in [-0.1, -0.05) is 218 Å². The molecule has 0 radical (unpaired) electrons. The van der Waals surface area contributed by atoms with E-state index in [0.29, 0.717) is 17.5 Å². The van der Waals surface area contributed by atoms with Gasteiger partial charge in [-0.25, -0.2) is 15.0 Å². The van der Waals surface area contributed by atoms with Gasteiger partial charge < -0.3 is 0 Å². The molecule has 0 amide bonds. The van der Waals surface area contributed by atoms with E-state index < -0.39 is 0 Å². The van der Waals surface area contributed by atoms with Gasteiger partial charge in [0.05, 0.1) is 0 Å². The molecular weight excluding hydrogens is 727 g/mol. The minimum absolute atomic E-state index is 0.627. The smallest absolute Gasteiger partial charge is 0.164 e. The largest absolute Gasteiger partial charge is 0.208 e. The number of fused-ring (bicyclic) bond motifs is 4. The van der Waals surface area contributed by atoms with Gasteiger partial charge in [0.25, 0.3) is 0 Å². The molecule has 0 saturated heterocycles. The fourth-order valence-electron chi connectivity index (χ4n) is 8.52. The number of rotatable bonds is 7. The summed E-state index contributed by atoms with van der Waals surface area (Å²) in [5.74, 6) is 1.89. The molecule has 60 heavy (non-hydrogen) atoms. The molecule has 1 aromatic heterocycles. The molecular formula is C57H37N3. The molecule has 0 fully saturated rings. The summed E-state index contributed by atoms with van der Waals surface area (Å²) in [6.07, 6.45) is 0. The van der Waals surface area contributed by atoms with Gasteiger partial charge in [-0.05, 0) is 82.9 Å². The Morgan fingerprint density at radius 1 is 0.217 bits per heavy atom. The maximum absolute atomic E-state index is 5.14. The Kier molecular flexibility index (Phi) is 8.83. The molecule has 0 saturated carbocycles. The summed E-state index contributed by atoms with van der Waals surface area (Å²) >= 11 is 0. The van der Waals surface area contributed by atoms with Gasteiger partial charge in [-0.2, -0.15) is 0 Å². The second-order valence-electron chi connectivity index (χ2n) is 15.2. The summed E-state index contributed by atoms with van der Waals surface area (Å²) in [4.78, 5) is 15.4. The van der Waals surface area contributed by atoms with E-state index >= 15 is 0 Å². The Morgan fingerprint density at radius 3 is 1.27 bits per heavy atom. The molecule has 11 aromatic rings. The van der Waals surface area contributed by atoms with Gasteiger partial charge >= 0.3 is 0 Å². The second kappa shape index (κ2) is 15.1. The minimum Gasteiger partial charge on any atom is -0.208 e. The topological polar surface area (TPSA) is 38.7 Å². The Labute approximate surface area is 349 Å². The summed E-state index contributed by atoms with van der Waals surface area (Å²) in [6, 6.07) is 79.5. The molecule has 0 spiro atoms. The number of hydrogen-bond acceptors (Lipinski definition) is 3. The van der Waals surface area contributed by atoms with Crippen molar-refractivity contribution in [2.24, 2.45) is 0 Å². The number of hydrogen-bond donors (Lipinski definition) is 0. The van der Waals surface area contributed by atoms with Crippen LogP contribution in [0.1, 0.15) is 0 Å². The third-order valence-electron chi connectivity index (χ3n) is 11.6. The van der Waals surface area contributed by atoms with Crippen LogP contribution in [0, 0.1) is 0 Å². The normalized spacial score (nSPS) is 11.3. The van der Waals surface area contributed by atoms with E-state index in [1.165, 1.54) is 49.0 Å². The van der Waals surface area contributed by atoms with Gasteiger partial charge in [0.2, 0.25) is 0 Å². The van der Waals surface area contributed by atoms with Gasteiger partial charge in [0.15, 0.2) is 17.5 Å². The molecule has 0 aliphatic rings. The monoisotopic (exact) mass is 763 g/mol. The van der Waals surface area contributed by atoms with Crippen LogP contribution in [0.3, 0.4) is 0 Å². The predicted octanol–water partition coefficient (Wildman–Crippen LogP) is 15.0. The minimum atomic E-state index is 0.627. The zero-order valence-electron chi connectivity index (χ0n) is 32.7. The lowest BCUT2D eigenvalue weighted by Gasteiger charge is -2.14. The van der Waals surface area contributed by atoms with Crippen LogP contribution in [0.25, 0.3) is 111 Å². The molecule has 1 heterocycles. The summed E-state index contributed by atoms with van der Waals surface area (Å²) in [5.41, 5.74) is 12.0. The maximum Gasteiger partial charge on any atom is 0.164 e. The van der Waals surface area contributed by atoms with E-state index in [0.717, 1.165) is 44.5 Å². The zero-order chi connectivity index (χ0) is 39.8. The van der Waals surface area contributed by atoms with Gasteiger partial charge in [0, 0.05) is 16.7 Å². The lowest BCUT2D eigenvalue weighted by Crippen LogP contribution is -2.01. The first-order chi connectivity index (χ1) is 29.7. The summed E-state index contributed by atoms with van der Waals surface area (Å²) in [5, 5.41) is 7.57. The van der Waals surface area contributed by atoms with Gasteiger partial charge in [-0.3, -0.25) is 0 Å². The van der Waals surface area contributed by atoms with Crippen LogP contribution in [-0.2, 0) is 0 Å². The van der Waals surface area contributed by atoms with Crippen molar-refractivity contribution in [3.05, 3.63) is 224 Å². The quantitative estimate of drug-likeness (QED) is 0.120. The Bertz CT molecular complexity index is 3320. The van der Waals surface area contributed by atoms with E-state index in [1.807, 2.05) is 18.2 Å². The van der Waals surface area contributed by atoms with E-state index in [2.05, 4.69) is 206 Å². The predicted molar refractivity (Wildman–Crippen MR) is 250 cm³/mol. The lowest BCUT2D eigenvalue weighted by molar-refractivity contribution is 1.07. The van der Waals surface area contributed by atoms with Crippen LogP contribution in [-0.4, -0.2) is 15.0 Å². The first-order valence-corrected chi connectivity index (χ1v) is 20.3. The maximum atomic E-state index is 5.14. The third kappa shape index (κ3) is 6.49. The molecule has 11 rings (SSSR count). The van der Waals surface area contributed by atoms with Crippen molar-refractivity contribution in [1.29, 1.82) is 0 Å². The Balaban J connectivity index is 0.970. The number of aromatic nitrogens is 3. The van der Waals surface area contributed by atoms with Crippen LogP contribution in [0.15, 0.2) is 224 Å². The summed E-state index contributed by atoms with van der Waals surface area (Å²) in [6.45, 7) is 0. The van der Waals surface area contributed by atoms with Gasteiger partial charge in [0.1, 0.15) is 0 Å². The lowest BCUT2D eigenvalue weighted by atomic mass is 9.89. The first kappa shape index (κ1) is 35.2. The molecule has 0 aliphatic carbocycles. The highest BCUT2D eigenvalue weighted by Gasteiger charge is 2.17. The molecule has 0 aliphatic heterocycles. The highest BCUT2D eigenvalue weighted by molar-refractivity contribution is 6.20. The average molecular weight is 764 g/mol. The molecule has 0 unspecified atom stereocenters. The van der Waals surface area contributed by atoms with Crippen molar-refractivity contribution in [3.8, 4) is 78.7 Å². The average Bonchev–Trinajstić information content (AvgIpc) is 3.34. The molecule has 280 valence electrons. The summed E-state index contributed by atoms with van der Waals surface area (Å²) in [7, 11) is 0. The van der Waals surface area contributed by atoms with E-state index in [-0.39, 0.29) is 0 Å². The summed E-state index contributed by atoms with van der Waals surface area (Å²) < 4.78 is 0. The van der Waals surface area contributed by atoms with Crippen molar-refractivity contribution in [2.45, 2.75) is 0 Å². The van der Waals surface area contributed by atoms with Crippen molar-refractivity contribution in [3.63, 3.8) is 0 Å². The van der Waals surface area contributed by atoms with Gasteiger partial charge in [-0.15, -0.1) is 0 Å². The van der Waals surface area contributed by atoms with Crippen molar-refractivity contribution in [1.82, 2.24) is 15.0 Å². The molecule has 0 bridgehead atoms. The highest BCUT2D eigenvalue weighted by atomic mass is 15.0. The van der Waals surface area contributed by atoms with E-state index in [1.54, 1.807) is 0 Å². The molecule has 3 heteroatoms. The highest BCUT2D eigenvalue weighted by Crippen LogP contribution is 2.40. The SMILES string of the molecule is c1ccc(-c2ccc(-c3nc(-c4ccc(-c5ccc(-c6c7ccccc7cc7c6ccc6ccccc67)cc5)cc4)nc(-c4ccccc4-c4ccccc4)n3)cc2)cc1. The Hall–Kier alpha value is -8.01. The molecule has 0 N–H and O–H groups in total. The van der Waals surface area contributed by atoms with Crippen LogP contribution in [0.4, 0.5) is 0 Å². The van der Waals surface area contributed by atoms with E-state index in [9.17, 15) is 0 Å². The molecule has 3 nitrogen and oxygen atoms in total. The number of nitrogens with zero attached hydrogens (tertiary/aromatic N) is 3. The first-order valence-electron chi connectivity index (χ1n) is 20.3. The van der Waals surface area contributed by atoms with Crippen LogP contribution in [0.2, 0.25) is 0 Å².